The minimum Gasteiger partial charge on any atom is -0.390 e. The average molecular weight is 379 g/mol. The molecule has 0 spiro atoms. The number of carbonyl (C=O) groups excluding carboxylic acids is 1. The lowest BCUT2D eigenvalue weighted by atomic mass is 9.96. The standard InChI is InChI=1S/C13H10BrCl2NO3/c14-11-9-4-8(18)12(20-9)10(11)13(19)17-5-1-2-6(15)7(16)3-5/h1-3,8-9,12,18H,4H2,(H,17,19)/t8-,9+,12-/m1/s1. The molecule has 0 aliphatic carbocycles. The van der Waals surface area contributed by atoms with Crippen molar-refractivity contribution in [2.24, 2.45) is 0 Å². The third-order valence-electron chi connectivity index (χ3n) is 3.36. The van der Waals surface area contributed by atoms with Gasteiger partial charge in [0, 0.05) is 16.6 Å². The first-order valence-electron chi connectivity index (χ1n) is 5.97. The van der Waals surface area contributed by atoms with E-state index in [4.69, 9.17) is 27.9 Å². The van der Waals surface area contributed by atoms with Crippen LogP contribution in [0.3, 0.4) is 0 Å². The fraction of sp³-hybridized carbons (Fsp3) is 0.308. The number of amides is 1. The van der Waals surface area contributed by atoms with Crippen LogP contribution in [-0.4, -0.2) is 29.3 Å². The number of aliphatic hydroxyl groups is 1. The van der Waals surface area contributed by atoms with E-state index in [1.807, 2.05) is 0 Å². The van der Waals surface area contributed by atoms with Crippen molar-refractivity contribution in [3.63, 3.8) is 0 Å². The normalized spacial score (nSPS) is 28.1. The zero-order chi connectivity index (χ0) is 14.4. The summed E-state index contributed by atoms with van der Waals surface area (Å²) in [5.74, 6) is -0.318. The smallest absolute Gasteiger partial charge is 0.255 e. The van der Waals surface area contributed by atoms with Crippen LogP contribution in [0, 0.1) is 0 Å². The number of halogens is 3. The van der Waals surface area contributed by atoms with Crippen LogP contribution in [0.5, 0.6) is 0 Å². The Balaban J connectivity index is 1.82. The van der Waals surface area contributed by atoms with Gasteiger partial charge in [0.25, 0.3) is 5.91 Å². The molecule has 3 rings (SSSR count). The highest BCUT2D eigenvalue weighted by Gasteiger charge is 2.48. The fourth-order valence-electron chi connectivity index (χ4n) is 2.41. The largest absolute Gasteiger partial charge is 0.390 e. The Morgan fingerprint density at radius 2 is 2.15 bits per heavy atom. The topological polar surface area (TPSA) is 58.6 Å². The van der Waals surface area contributed by atoms with Crippen molar-refractivity contribution in [3.8, 4) is 0 Å². The summed E-state index contributed by atoms with van der Waals surface area (Å²) in [6, 6.07) is 4.83. The van der Waals surface area contributed by atoms with Crippen molar-refractivity contribution in [1.29, 1.82) is 0 Å². The third-order valence-corrected chi connectivity index (χ3v) is 5.04. The summed E-state index contributed by atoms with van der Waals surface area (Å²) in [7, 11) is 0. The van der Waals surface area contributed by atoms with E-state index in [-0.39, 0.29) is 12.0 Å². The van der Waals surface area contributed by atoms with Crippen LogP contribution in [0.15, 0.2) is 28.3 Å². The van der Waals surface area contributed by atoms with E-state index in [0.29, 0.717) is 32.2 Å². The fourth-order valence-corrected chi connectivity index (χ4v) is 3.41. The van der Waals surface area contributed by atoms with Crippen LogP contribution in [0.1, 0.15) is 6.42 Å². The van der Waals surface area contributed by atoms with Gasteiger partial charge in [-0.05, 0) is 18.2 Å². The second kappa shape index (κ2) is 5.31. The lowest BCUT2D eigenvalue weighted by Crippen LogP contribution is -2.31. The lowest BCUT2D eigenvalue weighted by molar-refractivity contribution is -0.114. The first kappa shape index (κ1) is 14.4. The maximum Gasteiger partial charge on any atom is 0.255 e. The second-order valence-electron chi connectivity index (χ2n) is 4.69. The summed E-state index contributed by atoms with van der Waals surface area (Å²) in [4.78, 5) is 12.3. The zero-order valence-corrected chi connectivity index (χ0v) is 13.2. The van der Waals surface area contributed by atoms with E-state index >= 15 is 0 Å². The minimum absolute atomic E-state index is 0.232. The number of carbonyl (C=O) groups is 1. The number of fused-ring (bicyclic) bond motifs is 2. The number of aliphatic hydroxyl groups excluding tert-OH is 1. The van der Waals surface area contributed by atoms with Gasteiger partial charge in [-0.25, -0.2) is 0 Å². The highest BCUT2D eigenvalue weighted by Crippen LogP contribution is 2.42. The van der Waals surface area contributed by atoms with Crippen LogP contribution >= 0.6 is 39.1 Å². The van der Waals surface area contributed by atoms with Gasteiger partial charge in [0.2, 0.25) is 0 Å². The van der Waals surface area contributed by atoms with Crippen LogP contribution in [0.2, 0.25) is 10.0 Å². The molecule has 106 valence electrons. The molecule has 2 bridgehead atoms. The molecule has 1 fully saturated rings. The van der Waals surface area contributed by atoms with Gasteiger partial charge >= 0.3 is 0 Å². The highest BCUT2D eigenvalue weighted by molar-refractivity contribution is 9.11. The second-order valence-corrected chi connectivity index (χ2v) is 6.36. The number of nitrogens with one attached hydrogen (secondary N) is 1. The maximum absolute atomic E-state index is 12.3. The molecule has 3 atom stereocenters. The molecule has 20 heavy (non-hydrogen) atoms. The molecule has 1 saturated heterocycles. The number of hydrogen-bond acceptors (Lipinski definition) is 3. The van der Waals surface area contributed by atoms with Gasteiger partial charge < -0.3 is 15.2 Å². The molecule has 2 aliphatic heterocycles. The van der Waals surface area contributed by atoms with Gasteiger partial charge in [0.1, 0.15) is 6.10 Å². The Kier molecular flexibility index (Phi) is 3.81. The summed E-state index contributed by atoms with van der Waals surface area (Å²) in [6.45, 7) is 0. The molecule has 0 saturated carbocycles. The predicted molar refractivity (Wildman–Crippen MR) is 80.3 cm³/mol. The Morgan fingerprint density at radius 1 is 1.40 bits per heavy atom. The molecule has 0 aromatic heterocycles. The number of anilines is 1. The maximum atomic E-state index is 12.3. The van der Waals surface area contributed by atoms with Gasteiger partial charge in [0.15, 0.2) is 0 Å². The van der Waals surface area contributed by atoms with Crippen molar-refractivity contribution in [1.82, 2.24) is 0 Å². The average Bonchev–Trinajstić information content (AvgIpc) is 2.90. The lowest BCUT2D eigenvalue weighted by Gasteiger charge is -2.17. The summed E-state index contributed by atoms with van der Waals surface area (Å²) < 4.78 is 6.23. The Bertz CT molecular complexity index is 620. The number of benzene rings is 1. The molecule has 1 aromatic carbocycles. The van der Waals surface area contributed by atoms with Gasteiger partial charge in [-0.1, -0.05) is 39.1 Å². The third kappa shape index (κ3) is 2.38. The monoisotopic (exact) mass is 377 g/mol. The summed E-state index contributed by atoms with van der Waals surface area (Å²) in [5.41, 5.74) is 0.967. The molecule has 4 nitrogen and oxygen atoms in total. The van der Waals surface area contributed by atoms with Crippen molar-refractivity contribution < 1.29 is 14.6 Å². The van der Waals surface area contributed by atoms with E-state index in [0.717, 1.165) is 0 Å². The SMILES string of the molecule is O=C(Nc1ccc(Cl)c(Cl)c1)C1=C(Br)[C@@H]2C[C@@H](O)[C@H]1O2. The number of hydrogen-bond donors (Lipinski definition) is 2. The molecule has 1 amide bonds. The van der Waals surface area contributed by atoms with Crippen LogP contribution in [0.4, 0.5) is 5.69 Å². The first-order valence-corrected chi connectivity index (χ1v) is 7.51. The van der Waals surface area contributed by atoms with Crippen molar-refractivity contribution in [2.45, 2.75) is 24.7 Å². The van der Waals surface area contributed by atoms with Crippen LogP contribution in [0.25, 0.3) is 0 Å². The molecule has 7 heteroatoms. The van der Waals surface area contributed by atoms with E-state index in [1.165, 1.54) is 0 Å². The van der Waals surface area contributed by atoms with Crippen molar-refractivity contribution >= 4 is 50.7 Å². The van der Waals surface area contributed by atoms with Gasteiger partial charge in [-0.2, -0.15) is 0 Å². The van der Waals surface area contributed by atoms with Gasteiger partial charge in [-0.3, -0.25) is 4.79 Å². The van der Waals surface area contributed by atoms with E-state index in [2.05, 4.69) is 21.2 Å². The molecular formula is C13H10BrCl2NO3. The molecule has 2 N–H and O–H groups in total. The molecule has 1 aromatic rings. The summed E-state index contributed by atoms with van der Waals surface area (Å²) in [6.07, 6.45) is -0.938. The first-order chi connectivity index (χ1) is 9.47. The van der Waals surface area contributed by atoms with Crippen LogP contribution < -0.4 is 5.32 Å². The molecule has 0 unspecified atom stereocenters. The van der Waals surface area contributed by atoms with Crippen molar-refractivity contribution in [2.75, 3.05) is 5.32 Å². The minimum atomic E-state index is -0.643. The zero-order valence-electron chi connectivity index (χ0n) is 10.1. The number of ether oxygens (including phenoxy) is 1. The molecule has 2 heterocycles. The molecule has 0 radical (unpaired) electrons. The van der Waals surface area contributed by atoms with E-state index < -0.39 is 12.2 Å². The quantitative estimate of drug-likeness (QED) is 0.831. The molecular weight excluding hydrogens is 369 g/mol. The summed E-state index contributed by atoms with van der Waals surface area (Å²) in [5, 5.41) is 13.3. The Hall–Kier alpha value is -0.590. The van der Waals surface area contributed by atoms with Crippen molar-refractivity contribution in [3.05, 3.63) is 38.3 Å². The van der Waals surface area contributed by atoms with E-state index in [9.17, 15) is 9.90 Å². The van der Waals surface area contributed by atoms with E-state index in [1.54, 1.807) is 18.2 Å². The van der Waals surface area contributed by atoms with Crippen LogP contribution in [-0.2, 0) is 9.53 Å². The Morgan fingerprint density at radius 3 is 2.80 bits per heavy atom. The van der Waals surface area contributed by atoms with Gasteiger partial charge in [0.05, 0.1) is 27.8 Å². The highest BCUT2D eigenvalue weighted by atomic mass is 79.9. The summed E-state index contributed by atoms with van der Waals surface area (Å²) >= 11 is 15.1. The van der Waals surface area contributed by atoms with Gasteiger partial charge in [-0.15, -0.1) is 0 Å². The predicted octanol–water partition coefficient (Wildman–Crippen LogP) is 3.11. The molecule has 2 aliphatic rings. The Labute approximate surface area is 133 Å². The number of rotatable bonds is 2.